The smallest absolute Gasteiger partial charge is 0.329 e. The summed E-state index contributed by atoms with van der Waals surface area (Å²) < 4.78 is 1.14. The number of nitrogens with zero attached hydrogens (tertiary/aromatic N) is 3. The number of aromatic nitrogens is 5. The quantitative estimate of drug-likeness (QED) is 0.507. The molecule has 0 fully saturated rings. The van der Waals surface area contributed by atoms with Crippen LogP contribution in [0.4, 0.5) is 11.5 Å². The topological polar surface area (TPSA) is 134 Å². The lowest BCUT2D eigenvalue weighted by Gasteiger charge is -2.09. The van der Waals surface area contributed by atoms with Crippen LogP contribution in [0, 0.1) is 0 Å². The summed E-state index contributed by atoms with van der Waals surface area (Å²) in [5, 5.41) is 9.08. The van der Waals surface area contributed by atoms with Crippen LogP contribution in [0.1, 0.15) is 5.82 Å². The van der Waals surface area contributed by atoms with Gasteiger partial charge in [0.2, 0.25) is 0 Å². The number of aromatic amines is 2. The molecule has 17 heavy (non-hydrogen) atoms. The predicted molar refractivity (Wildman–Crippen MR) is 60.4 cm³/mol. The zero-order valence-corrected chi connectivity index (χ0v) is 9.02. The van der Waals surface area contributed by atoms with Crippen molar-refractivity contribution in [2.24, 2.45) is 7.05 Å². The van der Waals surface area contributed by atoms with Crippen molar-refractivity contribution >= 4 is 11.5 Å². The summed E-state index contributed by atoms with van der Waals surface area (Å²) in [4.78, 5) is 28.8. The molecule has 0 aromatic carbocycles. The first-order valence-corrected chi connectivity index (χ1v) is 4.76. The maximum absolute atomic E-state index is 11.5. The first kappa shape index (κ1) is 10.9. The van der Waals surface area contributed by atoms with Gasteiger partial charge in [0, 0.05) is 7.05 Å². The minimum absolute atomic E-state index is 0.0678. The molecule has 0 radical (unpaired) electrons. The van der Waals surface area contributed by atoms with E-state index in [9.17, 15) is 9.59 Å². The average Bonchev–Trinajstić information content (AvgIpc) is 2.79. The first-order valence-electron chi connectivity index (χ1n) is 4.76. The van der Waals surface area contributed by atoms with Gasteiger partial charge in [0.15, 0.2) is 0 Å². The molecule has 0 aliphatic rings. The number of H-pyrrole nitrogens is 2. The van der Waals surface area contributed by atoms with E-state index in [4.69, 9.17) is 5.73 Å². The minimum atomic E-state index is -0.565. The fraction of sp³-hybridized carbons (Fsp3) is 0.250. The van der Waals surface area contributed by atoms with Gasteiger partial charge in [0.1, 0.15) is 23.7 Å². The molecule has 0 aliphatic heterocycles. The van der Waals surface area contributed by atoms with Crippen molar-refractivity contribution in [1.82, 2.24) is 24.7 Å². The molecule has 2 heterocycles. The molecule has 2 aromatic heterocycles. The summed E-state index contributed by atoms with van der Waals surface area (Å²) in [6.07, 6.45) is 1.35. The van der Waals surface area contributed by atoms with Crippen LogP contribution in [-0.2, 0) is 13.6 Å². The Kier molecular flexibility index (Phi) is 2.65. The van der Waals surface area contributed by atoms with Crippen molar-refractivity contribution in [3.05, 3.63) is 33.0 Å². The van der Waals surface area contributed by atoms with Crippen LogP contribution in [0.5, 0.6) is 0 Å². The fourth-order valence-corrected chi connectivity index (χ4v) is 1.30. The van der Waals surface area contributed by atoms with Crippen molar-refractivity contribution in [2.75, 3.05) is 11.1 Å². The lowest BCUT2D eigenvalue weighted by molar-refractivity contribution is 0.811. The lowest BCUT2D eigenvalue weighted by atomic mass is 10.4. The predicted octanol–water partition coefficient (Wildman–Crippen LogP) is -1.61. The van der Waals surface area contributed by atoms with Gasteiger partial charge in [-0.1, -0.05) is 0 Å². The number of nitrogens with two attached hydrogens (primary N) is 1. The van der Waals surface area contributed by atoms with E-state index in [1.807, 2.05) is 0 Å². The van der Waals surface area contributed by atoms with Gasteiger partial charge < -0.3 is 11.1 Å². The van der Waals surface area contributed by atoms with Crippen molar-refractivity contribution in [1.29, 1.82) is 0 Å². The molecule has 90 valence electrons. The molecule has 9 nitrogen and oxygen atoms in total. The summed E-state index contributed by atoms with van der Waals surface area (Å²) in [5.74, 6) is 0.621. The Morgan fingerprint density at radius 2 is 2.29 bits per heavy atom. The summed E-state index contributed by atoms with van der Waals surface area (Å²) in [6, 6.07) is 0. The molecule has 0 saturated carbocycles. The number of nitrogen functional groups attached to an aromatic ring is 1. The Balaban J connectivity index is 2.30. The number of rotatable bonds is 3. The summed E-state index contributed by atoms with van der Waals surface area (Å²) in [6.45, 7) is 0.255. The SMILES string of the molecule is Cn1c(N)c(NCc2ncn[nH]2)c(=O)[nH]c1=O. The van der Waals surface area contributed by atoms with Crippen molar-refractivity contribution in [3.8, 4) is 0 Å². The van der Waals surface area contributed by atoms with Crippen LogP contribution in [0.15, 0.2) is 15.9 Å². The van der Waals surface area contributed by atoms with Gasteiger partial charge in [0.05, 0.1) is 6.54 Å². The second-order valence-electron chi connectivity index (χ2n) is 3.36. The van der Waals surface area contributed by atoms with Gasteiger partial charge in [-0.05, 0) is 0 Å². The Bertz CT molecular complexity index is 624. The molecule has 2 aromatic rings. The highest BCUT2D eigenvalue weighted by molar-refractivity contribution is 5.60. The van der Waals surface area contributed by atoms with E-state index in [2.05, 4.69) is 25.5 Å². The normalized spacial score (nSPS) is 10.4. The number of hydrogen-bond acceptors (Lipinski definition) is 6. The monoisotopic (exact) mass is 237 g/mol. The largest absolute Gasteiger partial charge is 0.383 e. The summed E-state index contributed by atoms with van der Waals surface area (Å²) in [5.41, 5.74) is 4.66. The fourth-order valence-electron chi connectivity index (χ4n) is 1.30. The van der Waals surface area contributed by atoms with Crippen LogP contribution in [-0.4, -0.2) is 24.7 Å². The van der Waals surface area contributed by atoms with Crippen LogP contribution >= 0.6 is 0 Å². The van der Waals surface area contributed by atoms with E-state index in [0.717, 1.165) is 4.57 Å². The zero-order chi connectivity index (χ0) is 12.4. The second kappa shape index (κ2) is 4.12. The van der Waals surface area contributed by atoms with Gasteiger partial charge in [-0.2, -0.15) is 5.10 Å². The van der Waals surface area contributed by atoms with Crippen LogP contribution in [0.2, 0.25) is 0 Å². The van der Waals surface area contributed by atoms with E-state index in [1.54, 1.807) is 0 Å². The van der Waals surface area contributed by atoms with Crippen LogP contribution in [0.3, 0.4) is 0 Å². The number of anilines is 2. The van der Waals surface area contributed by atoms with Gasteiger partial charge >= 0.3 is 5.69 Å². The molecule has 0 saturated heterocycles. The molecule has 0 atom stereocenters. The molecule has 0 unspecified atom stereocenters. The highest BCUT2D eigenvalue weighted by atomic mass is 16.2. The van der Waals surface area contributed by atoms with Gasteiger partial charge in [-0.25, -0.2) is 9.78 Å². The van der Waals surface area contributed by atoms with Crippen molar-refractivity contribution < 1.29 is 0 Å². The van der Waals surface area contributed by atoms with Crippen LogP contribution in [0.25, 0.3) is 0 Å². The molecule has 9 heteroatoms. The highest BCUT2D eigenvalue weighted by Crippen LogP contribution is 2.08. The number of nitrogens with one attached hydrogen (secondary N) is 3. The Morgan fingerprint density at radius 3 is 2.94 bits per heavy atom. The van der Waals surface area contributed by atoms with E-state index in [0.29, 0.717) is 5.82 Å². The van der Waals surface area contributed by atoms with Crippen LogP contribution < -0.4 is 22.3 Å². The Labute approximate surface area is 94.7 Å². The average molecular weight is 237 g/mol. The number of hydrogen-bond donors (Lipinski definition) is 4. The maximum atomic E-state index is 11.5. The highest BCUT2D eigenvalue weighted by Gasteiger charge is 2.09. The molecular weight excluding hydrogens is 226 g/mol. The molecule has 0 amide bonds. The third kappa shape index (κ3) is 2.02. The van der Waals surface area contributed by atoms with E-state index < -0.39 is 11.2 Å². The second-order valence-corrected chi connectivity index (χ2v) is 3.36. The van der Waals surface area contributed by atoms with Gasteiger partial charge in [0.25, 0.3) is 5.56 Å². The van der Waals surface area contributed by atoms with Crippen molar-refractivity contribution in [2.45, 2.75) is 6.54 Å². The third-order valence-corrected chi connectivity index (χ3v) is 2.27. The van der Waals surface area contributed by atoms with Gasteiger partial charge in [-0.3, -0.25) is 19.4 Å². The lowest BCUT2D eigenvalue weighted by Crippen LogP contribution is -2.32. The van der Waals surface area contributed by atoms with Gasteiger partial charge in [-0.15, -0.1) is 0 Å². The molecule has 0 spiro atoms. The molecule has 5 N–H and O–H groups in total. The van der Waals surface area contributed by atoms with E-state index in [1.165, 1.54) is 13.4 Å². The molecule has 2 rings (SSSR count). The summed E-state index contributed by atoms with van der Waals surface area (Å²) >= 11 is 0. The standard InChI is InChI=1S/C8H11N7O2/c1-15-6(9)5(7(16)13-8(15)17)10-2-4-11-3-12-14-4/h3,10H,2,9H2,1H3,(H,11,12,14)(H,13,16,17). The zero-order valence-electron chi connectivity index (χ0n) is 9.02. The summed E-state index contributed by atoms with van der Waals surface area (Å²) in [7, 11) is 1.47. The Hall–Kier alpha value is -2.58. The molecule has 0 aliphatic carbocycles. The van der Waals surface area contributed by atoms with E-state index >= 15 is 0 Å². The maximum Gasteiger partial charge on any atom is 0.329 e. The molecule has 0 bridgehead atoms. The first-order chi connectivity index (χ1) is 8.09. The minimum Gasteiger partial charge on any atom is -0.383 e. The van der Waals surface area contributed by atoms with Crippen molar-refractivity contribution in [3.63, 3.8) is 0 Å². The third-order valence-electron chi connectivity index (χ3n) is 2.27. The van der Waals surface area contributed by atoms with E-state index in [-0.39, 0.29) is 18.1 Å². The Morgan fingerprint density at radius 1 is 1.53 bits per heavy atom. The molecular formula is C8H11N7O2.